The summed E-state index contributed by atoms with van der Waals surface area (Å²) in [6.07, 6.45) is -5.46. The summed E-state index contributed by atoms with van der Waals surface area (Å²) >= 11 is 2.16. The standard InChI is InChI=1S/C9H20O6S2/c1-3-16-14-9(15-17-4-2)8(13)7(12)6(11)5-10/h6-13H,3-5H2,1-2H3/t6-,7-,8+/m0/s1. The summed E-state index contributed by atoms with van der Waals surface area (Å²) in [6, 6.07) is 0. The lowest BCUT2D eigenvalue weighted by Gasteiger charge is -2.27. The van der Waals surface area contributed by atoms with Crippen molar-refractivity contribution in [3.05, 3.63) is 0 Å². The quantitative estimate of drug-likeness (QED) is 0.323. The Morgan fingerprint density at radius 2 is 1.41 bits per heavy atom. The lowest BCUT2D eigenvalue weighted by atomic mass is 10.1. The summed E-state index contributed by atoms with van der Waals surface area (Å²) in [5.74, 6) is 1.31. The summed E-state index contributed by atoms with van der Waals surface area (Å²) in [5.41, 5.74) is 0. The Labute approximate surface area is 110 Å². The summed E-state index contributed by atoms with van der Waals surface area (Å²) in [4.78, 5) is 0. The molecule has 4 N–H and O–H groups in total. The van der Waals surface area contributed by atoms with Crippen molar-refractivity contribution in [1.29, 1.82) is 0 Å². The molecule has 0 rings (SSSR count). The molecule has 0 aliphatic heterocycles. The summed E-state index contributed by atoms with van der Waals surface area (Å²) < 4.78 is 10.3. The van der Waals surface area contributed by atoms with Gasteiger partial charge >= 0.3 is 0 Å². The summed E-state index contributed by atoms with van der Waals surface area (Å²) in [7, 11) is 0. The molecule has 0 unspecified atom stereocenters. The highest BCUT2D eigenvalue weighted by molar-refractivity contribution is 7.95. The lowest BCUT2D eigenvalue weighted by molar-refractivity contribution is -0.149. The first kappa shape index (κ1) is 17.5. The van der Waals surface area contributed by atoms with Gasteiger partial charge in [0, 0.05) is 11.5 Å². The van der Waals surface area contributed by atoms with E-state index in [0.29, 0.717) is 11.5 Å². The van der Waals surface area contributed by atoms with Crippen molar-refractivity contribution < 1.29 is 28.8 Å². The van der Waals surface area contributed by atoms with Crippen molar-refractivity contribution in [3.8, 4) is 0 Å². The fourth-order valence-electron chi connectivity index (χ4n) is 0.897. The van der Waals surface area contributed by atoms with E-state index in [1.165, 1.54) is 0 Å². The minimum atomic E-state index is -1.53. The van der Waals surface area contributed by atoms with Gasteiger partial charge < -0.3 is 20.4 Å². The van der Waals surface area contributed by atoms with Crippen molar-refractivity contribution in [3.63, 3.8) is 0 Å². The SMILES string of the molecule is CCSOC(OSCC)[C@H](O)[C@@H](O)[C@@H](O)CO. The van der Waals surface area contributed by atoms with Crippen molar-refractivity contribution in [2.24, 2.45) is 0 Å². The van der Waals surface area contributed by atoms with Crippen LogP contribution in [-0.4, -0.2) is 63.1 Å². The van der Waals surface area contributed by atoms with E-state index >= 15 is 0 Å². The molecule has 0 aromatic heterocycles. The molecule has 0 aliphatic carbocycles. The molecule has 0 aliphatic rings. The van der Waals surface area contributed by atoms with Crippen molar-refractivity contribution in [1.82, 2.24) is 0 Å². The number of rotatable bonds is 10. The molecule has 17 heavy (non-hydrogen) atoms. The first-order chi connectivity index (χ1) is 8.08. The van der Waals surface area contributed by atoms with Crippen LogP contribution in [-0.2, 0) is 8.37 Å². The van der Waals surface area contributed by atoms with Crippen molar-refractivity contribution in [2.45, 2.75) is 38.4 Å². The largest absolute Gasteiger partial charge is 0.394 e. The molecule has 0 aromatic carbocycles. The zero-order valence-corrected chi connectivity index (χ0v) is 11.5. The highest BCUT2D eigenvalue weighted by Crippen LogP contribution is 2.20. The second-order valence-corrected chi connectivity index (χ2v) is 5.12. The van der Waals surface area contributed by atoms with Crippen LogP contribution in [0, 0.1) is 0 Å². The smallest absolute Gasteiger partial charge is 0.211 e. The van der Waals surface area contributed by atoms with Crippen molar-refractivity contribution >= 4 is 24.1 Å². The molecule has 0 heterocycles. The lowest BCUT2D eigenvalue weighted by Crippen LogP contribution is -2.46. The molecular weight excluding hydrogens is 268 g/mol. The molecule has 0 saturated carbocycles. The molecule has 0 saturated heterocycles. The van der Waals surface area contributed by atoms with Crippen LogP contribution in [0.4, 0.5) is 0 Å². The Balaban J connectivity index is 4.32. The number of aliphatic hydroxyl groups is 4. The van der Waals surface area contributed by atoms with E-state index in [0.717, 1.165) is 24.1 Å². The Morgan fingerprint density at radius 3 is 1.76 bits per heavy atom. The Kier molecular flexibility index (Phi) is 10.7. The maximum Gasteiger partial charge on any atom is 0.211 e. The van der Waals surface area contributed by atoms with Gasteiger partial charge in [-0.2, -0.15) is 0 Å². The van der Waals surface area contributed by atoms with Gasteiger partial charge in [-0.05, 0) is 24.1 Å². The molecule has 8 heteroatoms. The minimum absolute atomic E-state index is 0.646. The Hall–Kier alpha value is 0.460. The predicted octanol–water partition coefficient (Wildman–Crippen LogP) is -0.243. The van der Waals surface area contributed by atoms with E-state index in [4.69, 9.17) is 13.5 Å². The fraction of sp³-hybridized carbons (Fsp3) is 1.00. The molecule has 6 nitrogen and oxygen atoms in total. The summed E-state index contributed by atoms with van der Waals surface area (Å²) in [6.45, 7) is 3.08. The normalized spacial score (nSPS) is 17.1. The third-order valence-electron chi connectivity index (χ3n) is 1.77. The van der Waals surface area contributed by atoms with Gasteiger partial charge in [-0.15, -0.1) is 0 Å². The molecule has 0 fully saturated rings. The topological polar surface area (TPSA) is 99.4 Å². The number of hydrogen-bond donors (Lipinski definition) is 4. The van der Waals surface area contributed by atoms with Crippen LogP contribution in [0.2, 0.25) is 0 Å². The Bertz CT molecular complexity index is 177. The maximum absolute atomic E-state index is 9.73. The first-order valence-electron chi connectivity index (χ1n) is 5.30. The van der Waals surface area contributed by atoms with Crippen molar-refractivity contribution in [2.75, 3.05) is 18.1 Å². The molecule has 0 radical (unpaired) electrons. The monoisotopic (exact) mass is 288 g/mol. The third kappa shape index (κ3) is 6.82. The van der Waals surface area contributed by atoms with Gasteiger partial charge in [0.15, 0.2) is 0 Å². The molecule has 0 spiro atoms. The highest BCUT2D eigenvalue weighted by atomic mass is 32.2. The van der Waals surface area contributed by atoms with Gasteiger partial charge in [-0.25, -0.2) is 0 Å². The maximum atomic E-state index is 9.73. The van der Waals surface area contributed by atoms with E-state index in [9.17, 15) is 15.3 Å². The van der Waals surface area contributed by atoms with E-state index in [1.54, 1.807) is 0 Å². The van der Waals surface area contributed by atoms with Gasteiger partial charge in [0.25, 0.3) is 0 Å². The van der Waals surface area contributed by atoms with Crippen LogP contribution in [0.15, 0.2) is 0 Å². The van der Waals surface area contributed by atoms with E-state index in [1.807, 2.05) is 13.8 Å². The number of aliphatic hydroxyl groups excluding tert-OH is 4. The number of hydrogen-bond acceptors (Lipinski definition) is 8. The minimum Gasteiger partial charge on any atom is -0.394 e. The molecule has 0 aromatic rings. The van der Waals surface area contributed by atoms with Gasteiger partial charge in [-0.3, -0.25) is 8.37 Å². The van der Waals surface area contributed by atoms with Crippen LogP contribution in [0.3, 0.4) is 0 Å². The average molecular weight is 288 g/mol. The predicted molar refractivity (Wildman–Crippen MR) is 67.3 cm³/mol. The van der Waals surface area contributed by atoms with E-state index in [-0.39, 0.29) is 0 Å². The van der Waals surface area contributed by atoms with Gasteiger partial charge in [0.1, 0.15) is 18.3 Å². The van der Waals surface area contributed by atoms with Crippen LogP contribution in [0.1, 0.15) is 13.8 Å². The second kappa shape index (κ2) is 10.4. The van der Waals surface area contributed by atoms with Crippen LogP contribution >= 0.6 is 24.1 Å². The molecular formula is C9H20O6S2. The first-order valence-corrected chi connectivity index (χ1v) is 7.12. The Morgan fingerprint density at radius 1 is 0.941 bits per heavy atom. The summed E-state index contributed by atoms with van der Waals surface area (Å²) in [5, 5.41) is 37.1. The van der Waals surface area contributed by atoms with E-state index in [2.05, 4.69) is 0 Å². The zero-order valence-electron chi connectivity index (χ0n) is 9.85. The molecule has 0 amide bonds. The highest BCUT2D eigenvalue weighted by Gasteiger charge is 2.33. The molecule has 104 valence electrons. The second-order valence-electron chi connectivity index (χ2n) is 3.10. The third-order valence-corrected chi connectivity index (χ3v) is 2.89. The fourth-order valence-corrected chi connectivity index (χ4v) is 1.79. The van der Waals surface area contributed by atoms with Crippen LogP contribution in [0.5, 0.6) is 0 Å². The molecule has 3 atom stereocenters. The van der Waals surface area contributed by atoms with E-state index < -0.39 is 31.2 Å². The van der Waals surface area contributed by atoms with Gasteiger partial charge in [-0.1, -0.05) is 13.8 Å². The van der Waals surface area contributed by atoms with Gasteiger partial charge in [0.2, 0.25) is 6.29 Å². The molecule has 0 bridgehead atoms. The van der Waals surface area contributed by atoms with Crippen LogP contribution in [0.25, 0.3) is 0 Å². The zero-order chi connectivity index (χ0) is 13.3. The average Bonchev–Trinajstić information content (AvgIpc) is 2.36. The van der Waals surface area contributed by atoms with Gasteiger partial charge in [0.05, 0.1) is 6.61 Å². The van der Waals surface area contributed by atoms with Crippen LogP contribution < -0.4 is 0 Å².